The fourth-order valence-electron chi connectivity index (χ4n) is 2.48. The van der Waals surface area contributed by atoms with E-state index in [1.807, 2.05) is 51.1 Å². The highest BCUT2D eigenvalue weighted by atomic mass is 16.6. The van der Waals surface area contributed by atoms with Crippen LogP contribution in [0.2, 0.25) is 0 Å². The molecule has 134 valence electrons. The van der Waals surface area contributed by atoms with Gasteiger partial charge in [-0.3, -0.25) is 9.59 Å². The van der Waals surface area contributed by atoms with Gasteiger partial charge < -0.3 is 9.47 Å². The normalized spacial score (nSPS) is 12.0. The van der Waals surface area contributed by atoms with Crippen LogP contribution in [-0.4, -0.2) is 25.2 Å². The first-order valence-electron chi connectivity index (χ1n) is 8.97. The Kier molecular flexibility index (Phi) is 9.81. The number of rotatable bonds is 11. The summed E-state index contributed by atoms with van der Waals surface area (Å²) in [5.41, 5.74) is 1.10. The zero-order valence-electron chi connectivity index (χ0n) is 15.1. The molecule has 0 fully saturated rings. The standard InChI is InChI=1S/C20H30O4/c1-4-6-13-23-19(21)18(20(22)24-14-7-5-2)16(3)15-17-11-9-8-10-12-17/h8-12,16,18H,4-7,13-15H2,1-3H3. The van der Waals surface area contributed by atoms with Crippen molar-refractivity contribution in [3.63, 3.8) is 0 Å². The van der Waals surface area contributed by atoms with Crippen LogP contribution in [0.5, 0.6) is 0 Å². The largest absolute Gasteiger partial charge is 0.465 e. The fraction of sp³-hybridized carbons (Fsp3) is 0.600. The Bertz CT molecular complexity index is 462. The van der Waals surface area contributed by atoms with Crippen LogP contribution < -0.4 is 0 Å². The van der Waals surface area contributed by atoms with Crippen molar-refractivity contribution < 1.29 is 19.1 Å². The summed E-state index contributed by atoms with van der Waals surface area (Å²) in [6.45, 7) is 6.67. The maximum atomic E-state index is 12.4. The molecule has 0 saturated heterocycles. The van der Waals surface area contributed by atoms with E-state index >= 15 is 0 Å². The quantitative estimate of drug-likeness (QED) is 0.346. The molecule has 0 aliphatic carbocycles. The maximum Gasteiger partial charge on any atom is 0.320 e. The topological polar surface area (TPSA) is 52.6 Å². The first-order chi connectivity index (χ1) is 11.6. The molecule has 1 aromatic rings. The average molecular weight is 334 g/mol. The molecule has 0 aromatic heterocycles. The van der Waals surface area contributed by atoms with Crippen molar-refractivity contribution in [3.05, 3.63) is 35.9 Å². The molecule has 0 aliphatic rings. The number of hydrogen-bond acceptors (Lipinski definition) is 4. The van der Waals surface area contributed by atoms with Gasteiger partial charge in [-0.05, 0) is 30.7 Å². The summed E-state index contributed by atoms with van der Waals surface area (Å²) in [6.07, 6.45) is 4.13. The van der Waals surface area contributed by atoms with E-state index in [2.05, 4.69) is 0 Å². The second-order valence-electron chi connectivity index (χ2n) is 6.19. The maximum absolute atomic E-state index is 12.4. The van der Waals surface area contributed by atoms with Gasteiger partial charge in [0.1, 0.15) is 0 Å². The molecule has 0 aliphatic heterocycles. The average Bonchev–Trinajstić information content (AvgIpc) is 2.56. The van der Waals surface area contributed by atoms with Gasteiger partial charge in [-0.2, -0.15) is 0 Å². The molecule has 4 heteroatoms. The fourth-order valence-corrected chi connectivity index (χ4v) is 2.48. The van der Waals surface area contributed by atoms with Crippen molar-refractivity contribution in [1.82, 2.24) is 0 Å². The third kappa shape index (κ3) is 7.16. The number of hydrogen-bond donors (Lipinski definition) is 0. The van der Waals surface area contributed by atoms with Crippen LogP contribution in [0.3, 0.4) is 0 Å². The lowest BCUT2D eigenvalue weighted by atomic mass is 9.88. The minimum Gasteiger partial charge on any atom is -0.465 e. The van der Waals surface area contributed by atoms with Crippen molar-refractivity contribution in [2.75, 3.05) is 13.2 Å². The monoisotopic (exact) mass is 334 g/mol. The molecule has 0 radical (unpaired) electrons. The predicted molar refractivity (Wildman–Crippen MR) is 94.5 cm³/mol. The smallest absolute Gasteiger partial charge is 0.320 e. The van der Waals surface area contributed by atoms with Crippen molar-refractivity contribution in [3.8, 4) is 0 Å². The molecule has 0 amide bonds. The molecular weight excluding hydrogens is 304 g/mol. The summed E-state index contributed by atoms with van der Waals surface area (Å²) in [6, 6.07) is 9.85. The Balaban J connectivity index is 2.74. The lowest BCUT2D eigenvalue weighted by Crippen LogP contribution is -2.34. The third-order valence-electron chi connectivity index (χ3n) is 3.96. The van der Waals surface area contributed by atoms with Gasteiger partial charge in [0.2, 0.25) is 0 Å². The molecule has 0 N–H and O–H groups in total. The van der Waals surface area contributed by atoms with E-state index in [1.54, 1.807) is 0 Å². The summed E-state index contributed by atoms with van der Waals surface area (Å²) >= 11 is 0. The van der Waals surface area contributed by atoms with Gasteiger partial charge in [-0.25, -0.2) is 0 Å². The van der Waals surface area contributed by atoms with Gasteiger partial charge in [-0.15, -0.1) is 0 Å². The van der Waals surface area contributed by atoms with Gasteiger partial charge >= 0.3 is 11.9 Å². The first kappa shape index (κ1) is 20.2. The van der Waals surface area contributed by atoms with Crippen molar-refractivity contribution in [1.29, 1.82) is 0 Å². The van der Waals surface area contributed by atoms with Crippen LogP contribution in [-0.2, 0) is 25.5 Å². The summed E-state index contributed by atoms with van der Waals surface area (Å²) in [5, 5.41) is 0. The Hall–Kier alpha value is -1.84. The Morgan fingerprint density at radius 1 is 0.917 bits per heavy atom. The number of ether oxygens (including phenoxy) is 2. The molecule has 0 saturated carbocycles. The molecular formula is C20H30O4. The van der Waals surface area contributed by atoms with Gasteiger partial charge in [-0.1, -0.05) is 63.9 Å². The van der Waals surface area contributed by atoms with E-state index in [9.17, 15) is 9.59 Å². The third-order valence-corrected chi connectivity index (χ3v) is 3.96. The van der Waals surface area contributed by atoms with Gasteiger partial charge in [0, 0.05) is 0 Å². The van der Waals surface area contributed by atoms with Gasteiger partial charge in [0.05, 0.1) is 13.2 Å². The van der Waals surface area contributed by atoms with E-state index in [1.165, 1.54) is 0 Å². The Morgan fingerprint density at radius 2 is 1.42 bits per heavy atom. The molecule has 0 heterocycles. The molecule has 0 bridgehead atoms. The summed E-state index contributed by atoms with van der Waals surface area (Å²) in [7, 11) is 0. The second kappa shape index (κ2) is 11.7. The van der Waals surface area contributed by atoms with Gasteiger partial charge in [0.25, 0.3) is 0 Å². The zero-order valence-corrected chi connectivity index (χ0v) is 15.1. The molecule has 1 atom stereocenters. The van der Waals surface area contributed by atoms with Crippen LogP contribution in [0.4, 0.5) is 0 Å². The summed E-state index contributed by atoms with van der Waals surface area (Å²) in [4.78, 5) is 24.8. The Morgan fingerprint density at radius 3 is 1.88 bits per heavy atom. The molecule has 1 rings (SSSR count). The van der Waals surface area contributed by atoms with Crippen LogP contribution in [0, 0.1) is 11.8 Å². The lowest BCUT2D eigenvalue weighted by molar-refractivity contribution is -0.164. The molecule has 0 spiro atoms. The zero-order chi connectivity index (χ0) is 17.8. The van der Waals surface area contributed by atoms with Crippen molar-refractivity contribution >= 4 is 11.9 Å². The number of carbonyl (C=O) groups is 2. The number of carbonyl (C=O) groups excluding carboxylic acids is 2. The van der Waals surface area contributed by atoms with Crippen molar-refractivity contribution in [2.45, 2.75) is 52.9 Å². The molecule has 1 aromatic carbocycles. The minimum atomic E-state index is -0.862. The predicted octanol–water partition coefficient (Wildman–Crippen LogP) is 4.17. The minimum absolute atomic E-state index is 0.171. The van der Waals surface area contributed by atoms with Crippen LogP contribution in [0.25, 0.3) is 0 Å². The second-order valence-corrected chi connectivity index (χ2v) is 6.19. The van der Waals surface area contributed by atoms with E-state index in [0.717, 1.165) is 31.2 Å². The number of esters is 2. The van der Waals surface area contributed by atoms with Gasteiger partial charge in [0.15, 0.2) is 5.92 Å². The number of benzene rings is 1. The summed E-state index contributed by atoms with van der Waals surface area (Å²) < 4.78 is 10.6. The van der Waals surface area contributed by atoms with Crippen molar-refractivity contribution in [2.24, 2.45) is 11.8 Å². The highest BCUT2D eigenvalue weighted by Crippen LogP contribution is 2.21. The van der Waals surface area contributed by atoms with E-state index < -0.39 is 17.9 Å². The highest BCUT2D eigenvalue weighted by Gasteiger charge is 2.35. The summed E-state index contributed by atoms with van der Waals surface area (Å²) in [5.74, 6) is -1.96. The Labute approximate surface area is 145 Å². The van der Waals surface area contributed by atoms with Crippen LogP contribution in [0.15, 0.2) is 30.3 Å². The van der Waals surface area contributed by atoms with Crippen LogP contribution >= 0.6 is 0 Å². The molecule has 1 unspecified atom stereocenters. The highest BCUT2D eigenvalue weighted by molar-refractivity contribution is 5.95. The molecule has 4 nitrogen and oxygen atoms in total. The van der Waals surface area contributed by atoms with E-state index in [4.69, 9.17) is 9.47 Å². The first-order valence-corrected chi connectivity index (χ1v) is 8.97. The SMILES string of the molecule is CCCCOC(=O)C(C(=O)OCCCC)C(C)Cc1ccccc1. The molecule has 24 heavy (non-hydrogen) atoms. The van der Waals surface area contributed by atoms with E-state index in [-0.39, 0.29) is 5.92 Å². The van der Waals surface area contributed by atoms with E-state index in [0.29, 0.717) is 19.6 Å². The lowest BCUT2D eigenvalue weighted by Gasteiger charge is -2.21. The number of unbranched alkanes of at least 4 members (excludes halogenated alkanes) is 2. The van der Waals surface area contributed by atoms with Crippen LogP contribution in [0.1, 0.15) is 52.0 Å².